The minimum Gasteiger partial charge on any atom is -0.0883 e. The summed E-state index contributed by atoms with van der Waals surface area (Å²) in [4.78, 5) is 0. The number of unbranched alkanes of at least 4 members (excludes halogenated alkanes) is 1. The molecule has 0 aromatic heterocycles. The van der Waals surface area contributed by atoms with Crippen molar-refractivity contribution < 1.29 is 0 Å². The molecule has 0 aromatic carbocycles. The van der Waals surface area contributed by atoms with Gasteiger partial charge in [0.2, 0.25) is 0 Å². The van der Waals surface area contributed by atoms with Gasteiger partial charge in [-0.05, 0) is 44.4 Å². The maximum absolute atomic E-state index is 2.45. The molecule has 0 saturated carbocycles. The maximum atomic E-state index is 2.45. The number of hydrogen-bond acceptors (Lipinski definition) is 0. The molecule has 0 fully saturated rings. The number of hydrogen-bond donors (Lipinski definition) is 0. The fourth-order valence-electron chi connectivity index (χ4n) is 1.85. The van der Waals surface area contributed by atoms with E-state index in [0.29, 0.717) is 0 Å². The van der Waals surface area contributed by atoms with Crippen LogP contribution in [0, 0.1) is 12.3 Å². The molecule has 0 amide bonds. The molecular weight excluding hydrogens is 144 g/mol. The normalized spacial score (nSPS) is 27.6. The molecule has 0 N–H and O–H groups in total. The SMILES string of the molecule is C[CH]CCC1/C=C\CCCCC1. The van der Waals surface area contributed by atoms with Gasteiger partial charge < -0.3 is 0 Å². The zero-order chi connectivity index (χ0) is 8.65. The monoisotopic (exact) mass is 165 g/mol. The van der Waals surface area contributed by atoms with Gasteiger partial charge in [0.15, 0.2) is 0 Å². The van der Waals surface area contributed by atoms with E-state index in [0.717, 1.165) is 5.92 Å². The minimum absolute atomic E-state index is 0.876. The van der Waals surface area contributed by atoms with E-state index in [1.54, 1.807) is 0 Å². The van der Waals surface area contributed by atoms with Crippen molar-refractivity contribution in [3.63, 3.8) is 0 Å². The predicted octanol–water partition coefficient (Wildman–Crippen LogP) is 4.13. The van der Waals surface area contributed by atoms with E-state index in [4.69, 9.17) is 0 Å². The van der Waals surface area contributed by atoms with Gasteiger partial charge in [-0.25, -0.2) is 0 Å². The smallest absolute Gasteiger partial charge is 0.0233 e. The molecule has 0 heterocycles. The van der Waals surface area contributed by atoms with E-state index in [9.17, 15) is 0 Å². The van der Waals surface area contributed by atoms with E-state index in [2.05, 4.69) is 25.5 Å². The highest BCUT2D eigenvalue weighted by Crippen LogP contribution is 2.21. The third kappa shape index (κ3) is 3.94. The third-order valence-electron chi connectivity index (χ3n) is 2.68. The van der Waals surface area contributed by atoms with Crippen LogP contribution in [0.5, 0.6) is 0 Å². The van der Waals surface area contributed by atoms with E-state index in [-0.39, 0.29) is 0 Å². The summed E-state index contributed by atoms with van der Waals surface area (Å²) in [6, 6.07) is 0. The molecule has 1 aliphatic rings. The summed E-state index contributed by atoms with van der Waals surface area (Å²) in [5.74, 6) is 0.876. The van der Waals surface area contributed by atoms with Crippen LogP contribution >= 0.6 is 0 Å². The molecule has 0 aliphatic heterocycles. The molecule has 1 atom stereocenters. The molecule has 1 aliphatic carbocycles. The molecule has 12 heavy (non-hydrogen) atoms. The Bertz CT molecular complexity index is 124. The predicted molar refractivity (Wildman–Crippen MR) is 54.9 cm³/mol. The molecule has 1 radical (unpaired) electrons. The topological polar surface area (TPSA) is 0 Å². The standard InChI is InChI=1S/C12H21/c1-2-3-9-12-10-7-5-4-6-8-11-12/h2,7,10,12H,3-6,8-9,11H2,1H3/b10-7-. The van der Waals surface area contributed by atoms with E-state index in [1.165, 1.54) is 44.9 Å². The first kappa shape index (κ1) is 9.83. The summed E-state index contributed by atoms with van der Waals surface area (Å²) in [6.07, 6.45) is 16.8. The molecule has 0 spiro atoms. The van der Waals surface area contributed by atoms with Crippen LogP contribution < -0.4 is 0 Å². The lowest BCUT2D eigenvalue weighted by Crippen LogP contribution is -1.98. The van der Waals surface area contributed by atoms with Crippen molar-refractivity contribution in [2.45, 2.75) is 51.9 Å². The Morgan fingerprint density at radius 2 is 2.25 bits per heavy atom. The van der Waals surface area contributed by atoms with Gasteiger partial charge in [-0.2, -0.15) is 0 Å². The summed E-state index contributed by atoms with van der Waals surface area (Å²) in [5.41, 5.74) is 0. The first-order chi connectivity index (χ1) is 5.93. The summed E-state index contributed by atoms with van der Waals surface area (Å²) >= 11 is 0. The lowest BCUT2D eigenvalue weighted by Gasteiger charge is -2.13. The van der Waals surface area contributed by atoms with Crippen molar-refractivity contribution >= 4 is 0 Å². The van der Waals surface area contributed by atoms with Crippen LogP contribution in [0.25, 0.3) is 0 Å². The lowest BCUT2D eigenvalue weighted by atomic mass is 9.92. The Kier molecular flexibility index (Phi) is 5.14. The van der Waals surface area contributed by atoms with Crippen molar-refractivity contribution in [3.05, 3.63) is 18.6 Å². The number of rotatable bonds is 3. The highest BCUT2D eigenvalue weighted by Gasteiger charge is 2.05. The third-order valence-corrected chi connectivity index (χ3v) is 2.68. The van der Waals surface area contributed by atoms with Gasteiger partial charge in [-0.1, -0.05) is 31.9 Å². The molecule has 0 aromatic rings. The summed E-state index contributed by atoms with van der Waals surface area (Å²) in [5, 5.41) is 0. The Balaban J connectivity index is 2.23. The van der Waals surface area contributed by atoms with Crippen molar-refractivity contribution in [1.29, 1.82) is 0 Å². The summed E-state index contributed by atoms with van der Waals surface area (Å²) < 4.78 is 0. The lowest BCUT2D eigenvalue weighted by molar-refractivity contribution is 0.490. The average molecular weight is 165 g/mol. The minimum atomic E-state index is 0.876. The zero-order valence-corrected chi connectivity index (χ0v) is 8.26. The Morgan fingerprint density at radius 3 is 3.08 bits per heavy atom. The second kappa shape index (κ2) is 6.28. The van der Waals surface area contributed by atoms with E-state index >= 15 is 0 Å². The van der Waals surface area contributed by atoms with Crippen molar-refractivity contribution in [2.75, 3.05) is 0 Å². The highest BCUT2D eigenvalue weighted by molar-refractivity contribution is 4.90. The second-order valence-corrected chi connectivity index (χ2v) is 3.81. The first-order valence-electron chi connectivity index (χ1n) is 5.38. The fourth-order valence-corrected chi connectivity index (χ4v) is 1.85. The quantitative estimate of drug-likeness (QED) is 0.552. The Labute approximate surface area is 77.1 Å². The van der Waals surface area contributed by atoms with Gasteiger partial charge in [-0.15, -0.1) is 0 Å². The molecule has 69 valence electrons. The van der Waals surface area contributed by atoms with Crippen molar-refractivity contribution in [1.82, 2.24) is 0 Å². The summed E-state index contributed by atoms with van der Waals surface area (Å²) in [6.45, 7) is 2.16. The molecule has 0 bridgehead atoms. The fraction of sp³-hybridized carbons (Fsp3) is 0.750. The second-order valence-electron chi connectivity index (χ2n) is 3.81. The van der Waals surface area contributed by atoms with Crippen LogP contribution in [0.4, 0.5) is 0 Å². The van der Waals surface area contributed by atoms with Gasteiger partial charge in [0.05, 0.1) is 0 Å². The molecule has 1 rings (SSSR count). The highest BCUT2D eigenvalue weighted by atomic mass is 14.1. The molecule has 1 unspecified atom stereocenters. The first-order valence-corrected chi connectivity index (χ1v) is 5.38. The van der Waals surface area contributed by atoms with Crippen LogP contribution in [-0.4, -0.2) is 0 Å². The van der Waals surface area contributed by atoms with Gasteiger partial charge in [-0.3, -0.25) is 0 Å². The van der Waals surface area contributed by atoms with Gasteiger partial charge >= 0.3 is 0 Å². The van der Waals surface area contributed by atoms with Crippen LogP contribution in [0.2, 0.25) is 0 Å². The molecular formula is C12H21. The van der Waals surface area contributed by atoms with Gasteiger partial charge in [0.1, 0.15) is 0 Å². The Hall–Kier alpha value is -0.260. The van der Waals surface area contributed by atoms with Crippen molar-refractivity contribution in [2.24, 2.45) is 5.92 Å². The molecule has 0 saturated heterocycles. The molecule has 0 heteroatoms. The zero-order valence-electron chi connectivity index (χ0n) is 8.26. The van der Waals surface area contributed by atoms with Gasteiger partial charge in [0, 0.05) is 0 Å². The number of allylic oxidation sites excluding steroid dienone is 2. The van der Waals surface area contributed by atoms with Crippen LogP contribution in [0.15, 0.2) is 12.2 Å². The largest absolute Gasteiger partial charge is 0.0883 e. The van der Waals surface area contributed by atoms with Crippen molar-refractivity contribution in [3.8, 4) is 0 Å². The average Bonchev–Trinajstić information content (AvgIpc) is 2.02. The maximum Gasteiger partial charge on any atom is -0.0233 e. The molecule has 0 nitrogen and oxygen atoms in total. The van der Waals surface area contributed by atoms with Crippen LogP contribution in [0.3, 0.4) is 0 Å². The summed E-state index contributed by atoms with van der Waals surface area (Å²) in [7, 11) is 0. The van der Waals surface area contributed by atoms with E-state index < -0.39 is 0 Å². The van der Waals surface area contributed by atoms with E-state index in [1.807, 2.05) is 0 Å². The van der Waals surface area contributed by atoms with Crippen LogP contribution in [0.1, 0.15) is 51.9 Å². The van der Waals surface area contributed by atoms with Gasteiger partial charge in [0.25, 0.3) is 0 Å². The van der Waals surface area contributed by atoms with Crippen LogP contribution in [-0.2, 0) is 0 Å². The Morgan fingerprint density at radius 1 is 1.33 bits per heavy atom.